The molecule has 0 aromatic rings. The number of primary amides is 1. The highest BCUT2D eigenvalue weighted by molar-refractivity contribution is 5.86. The molecule has 0 heterocycles. The van der Waals surface area contributed by atoms with Crippen LogP contribution < -0.4 is 16.8 Å². The van der Waals surface area contributed by atoms with E-state index in [1.54, 1.807) is 0 Å². The van der Waals surface area contributed by atoms with Gasteiger partial charge in [-0.1, -0.05) is 0 Å². The first-order chi connectivity index (χ1) is 4.57. The van der Waals surface area contributed by atoms with Gasteiger partial charge in [-0.15, -0.1) is 0 Å². The molecule has 5 nitrogen and oxygen atoms in total. The van der Waals surface area contributed by atoms with Crippen LogP contribution in [0.3, 0.4) is 0 Å². The average molecular weight is 146 g/mol. The second-order valence-electron chi connectivity index (χ2n) is 1.94. The lowest BCUT2D eigenvalue weighted by molar-refractivity contribution is -0.355. The Bertz CT molecular complexity index is 146. The predicted octanol–water partition coefficient (Wildman–Crippen LogP) is -2.78. The van der Waals surface area contributed by atoms with Gasteiger partial charge >= 0.3 is 0 Å². The van der Waals surface area contributed by atoms with Crippen LogP contribution in [0.15, 0.2) is 0 Å². The fourth-order valence-corrected chi connectivity index (χ4v) is 0.385. The van der Waals surface area contributed by atoms with E-state index in [1.807, 2.05) is 0 Å². The maximum Gasteiger partial charge on any atom is 0.275 e. The van der Waals surface area contributed by atoms with Crippen molar-refractivity contribution in [3.63, 3.8) is 0 Å². The molecule has 0 aromatic carbocycles. The molecule has 6 N–H and O–H groups in total. The van der Waals surface area contributed by atoms with Gasteiger partial charge in [0, 0.05) is 0 Å². The van der Waals surface area contributed by atoms with Crippen molar-refractivity contribution in [2.45, 2.75) is 13.0 Å². The minimum Gasteiger partial charge on any atom is -0.368 e. The average Bonchev–Trinajstić information content (AvgIpc) is 1.87. The van der Waals surface area contributed by atoms with Crippen molar-refractivity contribution in [2.75, 3.05) is 6.54 Å². The van der Waals surface area contributed by atoms with Gasteiger partial charge in [0.1, 0.15) is 6.04 Å². The standard InChI is InChI=1S/C5H11N3O2/c1-3(5(7)10)8-4(9)2-6/h3H,2,6H2,1H3,(H2,7,10)(H,8,9)/p+1/t3-/m1/s1. The summed E-state index contributed by atoms with van der Waals surface area (Å²) in [5.41, 5.74) is 8.20. The van der Waals surface area contributed by atoms with E-state index in [-0.39, 0.29) is 12.5 Å². The molecule has 0 saturated heterocycles. The highest BCUT2D eigenvalue weighted by Gasteiger charge is 2.10. The highest BCUT2D eigenvalue weighted by Crippen LogP contribution is 1.76. The Morgan fingerprint density at radius 1 is 1.70 bits per heavy atom. The number of hydrogen-bond donors (Lipinski definition) is 3. The Balaban J connectivity index is 3.68. The van der Waals surface area contributed by atoms with E-state index in [1.165, 1.54) is 6.92 Å². The van der Waals surface area contributed by atoms with Crippen molar-refractivity contribution in [1.82, 2.24) is 5.32 Å². The first kappa shape index (κ1) is 8.90. The fraction of sp³-hybridized carbons (Fsp3) is 0.600. The van der Waals surface area contributed by atoms with Crippen LogP contribution in [0.1, 0.15) is 6.92 Å². The topological polar surface area (TPSA) is 99.8 Å². The summed E-state index contributed by atoms with van der Waals surface area (Å²) in [5, 5.41) is 2.35. The Morgan fingerprint density at radius 3 is 2.50 bits per heavy atom. The van der Waals surface area contributed by atoms with Gasteiger partial charge in [0.2, 0.25) is 5.91 Å². The van der Waals surface area contributed by atoms with Gasteiger partial charge < -0.3 is 16.8 Å². The first-order valence-corrected chi connectivity index (χ1v) is 2.96. The molecule has 0 saturated carbocycles. The van der Waals surface area contributed by atoms with Crippen LogP contribution in [-0.4, -0.2) is 24.4 Å². The first-order valence-electron chi connectivity index (χ1n) is 2.96. The minimum atomic E-state index is -0.603. The second-order valence-corrected chi connectivity index (χ2v) is 1.94. The van der Waals surface area contributed by atoms with Gasteiger partial charge in [-0.25, -0.2) is 0 Å². The van der Waals surface area contributed by atoms with Crippen LogP contribution in [0.5, 0.6) is 0 Å². The summed E-state index contributed by atoms with van der Waals surface area (Å²) >= 11 is 0. The predicted molar refractivity (Wildman–Crippen MR) is 34.6 cm³/mol. The van der Waals surface area contributed by atoms with E-state index in [2.05, 4.69) is 11.1 Å². The van der Waals surface area contributed by atoms with E-state index >= 15 is 0 Å². The van der Waals surface area contributed by atoms with E-state index in [9.17, 15) is 9.59 Å². The van der Waals surface area contributed by atoms with Gasteiger partial charge in [0.25, 0.3) is 5.91 Å². The molecule has 0 spiro atoms. The quantitative estimate of drug-likeness (QED) is 0.401. The molecule has 58 valence electrons. The van der Waals surface area contributed by atoms with Gasteiger partial charge in [0.15, 0.2) is 6.54 Å². The number of hydrogen-bond acceptors (Lipinski definition) is 2. The largest absolute Gasteiger partial charge is 0.368 e. The normalized spacial score (nSPS) is 12.2. The zero-order valence-corrected chi connectivity index (χ0v) is 5.89. The van der Waals surface area contributed by atoms with Crippen molar-refractivity contribution in [2.24, 2.45) is 5.73 Å². The Morgan fingerprint density at radius 2 is 2.20 bits per heavy atom. The van der Waals surface area contributed by atoms with E-state index in [0.717, 1.165) is 0 Å². The van der Waals surface area contributed by atoms with Gasteiger partial charge in [0.05, 0.1) is 0 Å². The third-order valence-electron chi connectivity index (χ3n) is 1.03. The smallest absolute Gasteiger partial charge is 0.275 e. The summed E-state index contributed by atoms with van der Waals surface area (Å²) < 4.78 is 0. The number of amides is 2. The number of quaternary nitrogens is 1. The summed E-state index contributed by atoms with van der Waals surface area (Å²) in [7, 11) is 0. The lowest BCUT2D eigenvalue weighted by atomic mass is 10.3. The molecule has 0 aliphatic heterocycles. The van der Waals surface area contributed by atoms with Crippen molar-refractivity contribution in [3.05, 3.63) is 0 Å². The number of nitrogens with one attached hydrogen (secondary N) is 1. The van der Waals surface area contributed by atoms with E-state index in [4.69, 9.17) is 5.73 Å². The lowest BCUT2D eigenvalue weighted by Gasteiger charge is -2.06. The van der Waals surface area contributed by atoms with Gasteiger partial charge in [-0.2, -0.15) is 0 Å². The second kappa shape index (κ2) is 3.84. The lowest BCUT2D eigenvalue weighted by Crippen LogP contribution is -2.59. The SMILES string of the molecule is C[C@@H](NC(=O)C[NH3+])C(N)=O. The maximum atomic E-state index is 10.5. The van der Waals surface area contributed by atoms with Crippen molar-refractivity contribution < 1.29 is 15.3 Å². The number of carbonyl (C=O) groups excluding carboxylic acids is 2. The molecule has 1 atom stereocenters. The maximum absolute atomic E-state index is 10.5. The third kappa shape index (κ3) is 3.03. The van der Waals surface area contributed by atoms with E-state index in [0.29, 0.717) is 0 Å². The molecule has 0 fully saturated rings. The fourth-order valence-electron chi connectivity index (χ4n) is 0.385. The molecule has 5 heteroatoms. The van der Waals surface area contributed by atoms with Crippen LogP contribution >= 0.6 is 0 Å². The zero-order valence-electron chi connectivity index (χ0n) is 5.89. The third-order valence-corrected chi connectivity index (χ3v) is 1.03. The highest BCUT2D eigenvalue weighted by atomic mass is 16.2. The number of rotatable bonds is 3. The van der Waals surface area contributed by atoms with Crippen LogP contribution in [0.2, 0.25) is 0 Å². The monoisotopic (exact) mass is 146 g/mol. The molecule has 0 bridgehead atoms. The van der Waals surface area contributed by atoms with Crippen LogP contribution in [0.4, 0.5) is 0 Å². The molecule has 0 aliphatic rings. The molecule has 0 unspecified atom stereocenters. The van der Waals surface area contributed by atoms with Gasteiger partial charge in [-0.05, 0) is 6.92 Å². The minimum absolute atomic E-state index is 0.123. The summed E-state index contributed by atoms with van der Waals surface area (Å²) in [6.07, 6.45) is 0. The molecule has 0 radical (unpaired) electrons. The molecular formula is C5H12N3O2+. The number of carbonyl (C=O) groups is 2. The molecule has 0 rings (SSSR count). The van der Waals surface area contributed by atoms with Gasteiger partial charge in [-0.3, -0.25) is 9.59 Å². The Kier molecular flexibility index (Phi) is 3.42. The van der Waals surface area contributed by atoms with Crippen LogP contribution in [0, 0.1) is 0 Å². The summed E-state index contributed by atoms with van der Waals surface area (Å²) in [6, 6.07) is -0.603. The Hall–Kier alpha value is -1.10. The van der Waals surface area contributed by atoms with E-state index < -0.39 is 11.9 Å². The van der Waals surface area contributed by atoms with Crippen molar-refractivity contribution in [1.29, 1.82) is 0 Å². The molecule has 2 amide bonds. The molecular weight excluding hydrogens is 134 g/mol. The summed E-state index contributed by atoms with van der Waals surface area (Å²) in [6.45, 7) is 1.65. The molecule has 0 aliphatic carbocycles. The van der Waals surface area contributed by atoms with Crippen molar-refractivity contribution >= 4 is 11.8 Å². The van der Waals surface area contributed by atoms with Crippen molar-refractivity contribution in [3.8, 4) is 0 Å². The molecule has 10 heavy (non-hydrogen) atoms. The van der Waals surface area contributed by atoms with Crippen LogP contribution in [0.25, 0.3) is 0 Å². The van der Waals surface area contributed by atoms with Crippen LogP contribution in [-0.2, 0) is 9.59 Å². The number of nitrogens with two attached hydrogens (primary N) is 1. The molecule has 0 aromatic heterocycles. The Labute approximate surface area is 58.8 Å². The zero-order chi connectivity index (χ0) is 8.15. The summed E-state index contributed by atoms with van der Waals surface area (Å²) in [5.74, 6) is -0.812. The summed E-state index contributed by atoms with van der Waals surface area (Å²) in [4.78, 5) is 20.9.